The van der Waals surface area contributed by atoms with Crippen molar-refractivity contribution in [3.8, 4) is 0 Å². The summed E-state index contributed by atoms with van der Waals surface area (Å²) in [6, 6.07) is 12.8. The number of hydrogen-bond donors (Lipinski definition) is 0. The lowest BCUT2D eigenvalue weighted by molar-refractivity contribution is 0.229. The standard InChI is InChI=1S/C21H19ClO/c22-17-2-1-3-18-20(17)16-5-4-15(8-19(16)23-18)21-9-12-6-13(10-21)14(7-12)11-21/h1-5,8,12-14H,6-7,9-11H2. The number of halogens is 1. The highest BCUT2D eigenvalue weighted by Crippen LogP contribution is 2.64. The fraction of sp³-hybridized carbons (Fsp3) is 0.429. The van der Waals surface area contributed by atoms with E-state index in [0.717, 1.165) is 44.7 Å². The predicted molar refractivity (Wildman–Crippen MR) is 94.0 cm³/mol. The Morgan fingerprint density at radius 3 is 2.57 bits per heavy atom. The summed E-state index contributed by atoms with van der Waals surface area (Å²) in [5.41, 5.74) is 3.85. The van der Waals surface area contributed by atoms with Gasteiger partial charge in [0.1, 0.15) is 11.2 Å². The van der Waals surface area contributed by atoms with Gasteiger partial charge in [0.25, 0.3) is 0 Å². The van der Waals surface area contributed by atoms with E-state index in [1.54, 1.807) is 0 Å². The molecule has 0 amide bonds. The van der Waals surface area contributed by atoms with Crippen LogP contribution in [0.3, 0.4) is 0 Å². The monoisotopic (exact) mass is 322 g/mol. The van der Waals surface area contributed by atoms with Crippen LogP contribution in [0.15, 0.2) is 40.8 Å². The van der Waals surface area contributed by atoms with E-state index in [4.69, 9.17) is 16.0 Å². The largest absolute Gasteiger partial charge is 0.456 e. The molecule has 0 aliphatic heterocycles. The maximum atomic E-state index is 6.39. The number of benzene rings is 2. The van der Waals surface area contributed by atoms with E-state index in [9.17, 15) is 0 Å². The molecule has 4 aliphatic carbocycles. The zero-order valence-corrected chi connectivity index (χ0v) is 13.8. The van der Waals surface area contributed by atoms with Gasteiger partial charge in [-0.15, -0.1) is 0 Å². The van der Waals surface area contributed by atoms with Gasteiger partial charge in [-0.05, 0) is 79.0 Å². The summed E-state index contributed by atoms with van der Waals surface area (Å²) in [7, 11) is 0. The van der Waals surface area contributed by atoms with Gasteiger partial charge in [0, 0.05) is 10.8 Å². The Hall–Kier alpha value is -1.47. The Morgan fingerprint density at radius 2 is 1.78 bits per heavy atom. The Labute approximate surface area is 140 Å². The molecule has 0 spiro atoms. The van der Waals surface area contributed by atoms with Crippen molar-refractivity contribution < 1.29 is 4.42 Å². The molecule has 116 valence electrons. The summed E-state index contributed by atoms with van der Waals surface area (Å²) in [4.78, 5) is 0. The lowest BCUT2D eigenvalue weighted by Crippen LogP contribution is -2.31. The van der Waals surface area contributed by atoms with Crippen LogP contribution in [-0.4, -0.2) is 0 Å². The molecule has 23 heavy (non-hydrogen) atoms. The molecule has 4 aliphatic rings. The highest BCUT2D eigenvalue weighted by Gasteiger charge is 2.56. The molecular weight excluding hydrogens is 304 g/mol. The molecule has 2 heteroatoms. The van der Waals surface area contributed by atoms with E-state index in [-0.39, 0.29) is 0 Å². The minimum absolute atomic E-state index is 0.438. The fourth-order valence-electron chi connectivity index (χ4n) is 6.28. The van der Waals surface area contributed by atoms with Gasteiger partial charge in [-0.25, -0.2) is 0 Å². The van der Waals surface area contributed by atoms with Gasteiger partial charge < -0.3 is 4.42 Å². The second-order valence-electron chi connectivity index (χ2n) is 8.18. The molecular formula is C21H19ClO. The first kappa shape index (κ1) is 12.9. The van der Waals surface area contributed by atoms with Crippen molar-refractivity contribution in [3.63, 3.8) is 0 Å². The lowest BCUT2D eigenvalue weighted by Gasteiger charge is -2.39. The lowest BCUT2D eigenvalue weighted by atomic mass is 9.66. The van der Waals surface area contributed by atoms with Gasteiger partial charge in [-0.2, -0.15) is 0 Å². The number of hydrogen-bond acceptors (Lipinski definition) is 1. The quantitative estimate of drug-likeness (QED) is 0.511. The molecule has 1 nitrogen and oxygen atoms in total. The summed E-state index contributed by atoms with van der Waals surface area (Å²) in [5, 5.41) is 3.00. The molecule has 1 heterocycles. The second kappa shape index (κ2) is 4.13. The van der Waals surface area contributed by atoms with Crippen LogP contribution in [0, 0.1) is 17.8 Å². The molecule has 0 saturated heterocycles. The van der Waals surface area contributed by atoms with Crippen molar-refractivity contribution in [2.45, 2.75) is 37.5 Å². The van der Waals surface area contributed by atoms with Crippen molar-refractivity contribution in [2.24, 2.45) is 17.8 Å². The SMILES string of the molecule is Clc1cccc2oc3cc(C45CC6CC(C4)C(C6)C5)ccc3c12. The number of fused-ring (bicyclic) bond motifs is 3. The summed E-state index contributed by atoms with van der Waals surface area (Å²) in [6.07, 6.45) is 7.19. The van der Waals surface area contributed by atoms with Crippen molar-refractivity contribution in [3.05, 3.63) is 47.0 Å². The van der Waals surface area contributed by atoms with Crippen LogP contribution in [0.4, 0.5) is 0 Å². The van der Waals surface area contributed by atoms with Crippen molar-refractivity contribution in [2.75, 3.05) is 0 Å². The molecule has 4 fully saturated rings. The normalized spacial score (nSPS) is 34.9. The Bertz CT molecular complexity index is 934. The molecule has 2 atom stereocenters. The predicted octanol–water partition coefficient (Wildman–Crippen LogP) is 6.32. The topological polar surface area (TPSA) is 13.1 Å². The highest BCUT2D eigenvalue weighted by atomic mass is 35.5. The van der Waals surface area contributed by atoms with E-state index in [1.165, 1.54) is 37.7 Å². The maximum Gasteiger partial charge on any atom is 0.136 e. The molecule has 4 bridgehead atoms. The van der Waals surface area contributed by atoms with Crippen molar-refractivity contribution >= 4 is 33.5 Å². The average Bonchev–Trinajstić information content (AvgIpc) is 3.13. The van der Waals surface area contributed by atoms with Gasteiger partial charge in [0.2, 0.25) is 0 Å². The third kappa shape index (κ3) is 1.59. The zero-order valence-electron chi connectivity index (χ0n) is 13.0. The van der Waals surface area contributed by atoms with Crippen LogP contribution in [0.1, 0.15) is 37.7 Å². The molecule has 7 rings (SSSR count). The van der Waals surface area contributed by atoms with E-state index >= 15 is 0 Å². The zero-order chi connectivity index (χ0) is 15.2. The van der Waals surface area contributed by atoms with Crippen LogP contribution in [0.2, 0.25) is 5.02 Å². The number of furan rings is 1. The minimum atomic E-state index is 0.438. The molecule has 0 N–H and O–H groups in total. The van der Waals surface area contributed by atoms with Gasteiger partial charge in [-0.3, -0.25) is 0 Å². The molecule has 2 unspecified atom stereocenters. The van der Waals surface area contributed by atoms with E-state index in [0.29, 0.717) is 5.41 Å². The van der Waals surface area contributed by atoms with Gasteiger partial charge in [0.05, 0.1) is 5.02 Å². The third-order valence-corrected chi connectivity index (χ3v) is 7.30. The van der Waals surface area contributed by atoms with Crippen LogP contribution >= 0.6 is 11.6 Å². The smallest absolute Gasteiger partial charge is 0.136 e. The van der Waals surface area contributed by atoms with Crippen LogP contribution < -0.4 is 0 Å². The maximum absolute atomic E-state index is 6.39. The van der Waals surface area contributed by atoms with Crippen LogP contribution in [0.5, 0.6) is 0 Å². The van der Waals surface area contributed by atoms with Crippen molar-refractivity contribution in [1.29, 1.82) is 0 Å². The van der Waals surface area contributed by atoms with Crippen LogP contribution in [0.25, 0.3) is 21.9 Å². The van der Waals surface area contributed by atoms with Crippen molar-refractivity contribution in [1.82, 2.24) is 0 Å². The third-order valence-electron chi connectivity index (χ3n) is 6.98. The molecule has 2 aromatic carbocycles. The minimum Gasteiger partial charge on any atom is -0.456 e. The summed E-state index contributed by atoms with van der Waals surface area (Å²) >= 11 is 6.39. The van der Waals surface area contributed by atoms with E-state index < -0.39 is 0 Å². The van der Waals surface area contributed by atoms with Gasteiger partial charge in [0.15, 0.2) is 0 Å². The Balaban J connectivity index is 1.55. The molecule has 0 radical (unpaired) electrons. The molecule has 4 saturated carbocycles. The Morgan fingerprint density at radius 1 is 0.957 bits per heavy atom. The summed E-state index contributed by atoms with van der Waals surface area (Å²) < 4.78 is 6.12. The molecule has 3 aromatic rings. The summed E-state index contributed by atoms with van der Waals surface area (Å²) in [5.74, 6) is 2.97. The van der Waals surface area contributed by atoms with E-state index in [2.05, 4.69) is 18.2 Å². The summed E-state index contributed by atoms with van der Waals surface area (Å²) in [6.45, 7) is 0. The fourth-order valence-corrected chi connectivity index (χ4v) is 6.54. The van der Waals surface area contributed by atoms with E-state index in [1.807, 2.05) is 18.2 Å². The first-order valence-electron chi connectivity index (χ1n) is 8.83. The average molecular weight is 323 g/mol. The second-order valence-corrected chi connectivity index (χ2v) is 8.58. The van der Waals surface area contributed by atoms with Crippen LogP contribution in [-0.2, 0) is 5.41 Å². The number of rotatable bonds is 1. The Kier molecular flexibility index (Phi) is 2.32. The highest BCUT2D eigenvalue weighted by molar-refractivity contribution is 6.37. The first-order valence-corrected chi connectivity index (χ1v) is 9.21. The van der Waals surface area contributed by atoms with Gasteiger partial charge >= 0.3 is 0 Å². The molecule has 1 aromatic heterocycles. The van der Waals surface area contributed by atoms with Gasteiger partial charge in [-0.1, -0.05) is 29.8 Å². The first-order chi connectivity index (χ1) is 11.2.